The van der Waals surface area contributed by atoms with E-state index in [4.69, 9.17) is 4.42 Å². The predicted octanol–water partition coefficient (Wildman–Crippen LogP) is 15.8. The quantitative estimate of drug-likeness (QED) is 0.158. The summed E-state index contributed by atoms with van der Waals surface area (Å²) in [5.74, 6) is 0. The van der Waals surface area contributed by atoms with E-state index >= 15 is 0 Å². The number of hydrogen-bond acceptors (Lipinski definition) is 2. The molecule has 10 aromatic carbocycles. The zero-order valence-corrected chi connectivity index (χ0v) is 32.1. The molecule has 0 aliphatic heterocycles. The summed E-state index contributed by atoms with van der Waals surface area (Å²) < 4.78 is 8.67. The van der Waals surface area contributed by atoms with Crippen LogP contribution in [0.1, 0.15) is 0 Å². The summed E-state index contributed by atoms with van der Waals surface area (Å²) in [6.07, 6.45) is 0. The molecule has 0 bridgehead atoms. The van der Waals surface area contributed by atoms with Gasteiger partial charge >= 0.3 is 0 Å². The molecule has 276 valence electrons. The maximum Gasteiger partial charge on any atom is 0.136 e. The molecule has 0 fully saturated rings. The van der Waals surface area contributed by atoms with Crippen LogP contribution in [0.5, 0.6) is 0 Å². The van der Waals surface area contributed by atoms with Gasteiger partial charge in [0.05, 0.1) is 16.7 Å². The Labute approximate surface area is 341 Å². The molecule has 0 radical (unpaired) electrons. The van der Waals surface area contributed by atoms with E-state index in [1.54, 1.807) is 0 Å². The first kappa shape index (κ1) is 33.3. The Morgan fingerprint density at radius 3 is 1.78 bits per heavy atom. The lowest BCUT2D eigenvalue weighted by molar-refractivity contribution is 0.669. The molecular weight excluding hydrogens is 717 g/mol. The fourth-order valence-corrected chi connectivity index (χ4v) is 9.20. The van der Waals surface area contributed by atoms with Crippen molar-refractivity contribution in [2.75, 3.05) is 4.90 Å². The third kappa shape index (κ3) is 5.44. The number of hydrogen-bond donors (Lipinski definition) is 0. The van der Waals surface area contributed by atoms with Crippen LogP contribution >= 0.6 is 0 Å². The second kappa shape index (κ2) is 13.4. The number of fused-ring (bicyclic) bond motifs is 9. The van der Waals surface area contributed by atoms with Crippen molar-refractivity contribution in [2.45, 2.75) is 0 Å². The van der Waals surface area contributed by atoms with E-state index in [-0.39, 0.29) is 0 Å². The number of anilines is 3. The summed E-state index contributed by atoms with van der Waals surface area (Å²) in [4.78, 5) is 2.41. The number of rotatable bonds is 6. The Hall–Kier alpha value is -7.88. The number of furan rings is 1. The Morgan fingerprint density at radius 1 is 0.339 bits per heavy atom. The lowest BCUT2D eigenvalue weighted by Gasteiger charge is -2.28. The van der Waals surface area contributed by atoms with Crippen LogP contribution in [0.15, 0.2) is 223 Å². The van der Waals surface area contributed by atoms with Gasteiger partial charge in [-0.15, -0.1) is 0 Å². The molecule has 59 heavy (non-hydrogen) atoms. The van der Waals surface area contributed by atoms with Gasteiger partial charge in [-0.25, -0.2) is 0 Å². The van der Waals surface area contributed by atoms with Crippen molar-refractivity contribution < 1.29 is 4.42 Å². The summed E-state index contributed by atoms with van der Waals surface area (Å²) in [5, 5.41) is 9.78. The van der Waals surface area contributed by atoms with Crippen molar-refractivity contribution in [1.29, 1.82) is 0 Å². The minimum Gasteiger partial charge on any atom is -0.456 e. The molecule has 0 atom stereocenters. The van der Waals surface area contributed by atoms with Crippen LogP contribution < -0.4 is 4.90 Å². The predicted molar refractivity (Wildman–Crippen MR) is 249 cm³/mol. The highest BCUT2D eigenvalue weighted by Gasteiger charge is 2.20. The molecule has 0 saturated carbocycles. The molecule has 0 aliphatic carbocycles. The molecule has 0 N–H and O–H groups in total. The minimum absolute atomic E-state index is 0.897. The molecule has 0 saturated heterocycles. The fourth-order valence-electron chi connectivity index (χ4n) is 9.20. The average molecular weight is 753 g/mol. The van der Waals surface area contributed by atoms with E-state index in [1.165, 1.54) is 48.9 Å². The third-order valence-electron chi connectivity index (χ3n) is 12.0. The third-order valence-corrected chi connectivity index (χ3v) is 12.0. The maximum atomic E-state index is 6.28. The summed E-state index contributed by atoms with van der Waals surface area (Å²) >= 11 is 0. The largest absolute Gasteiger partial charge is 0.456 e. The molecule has 12 rings (SSSR count). The van der Waals surface area contributed by atoms with Gasteiger partial charge in [0.25, 0.3) is 0 Å². The van der Waals surface area contributed by atoms with Gasteiger partial charge in [-0.05, 0) is 111 Å². The zero-order valence-electron chi connectivity index (χ0n) is 32.1. The second-order valence-corrected chi connectivity index (χ2v) is 15.3. The fraction of sp³-hybridized carbons (Fsp3) is 0. The Kier molecular flexibility index (Phi) is 7.54. The SMILES string of the molecule is c1cc(N(c2ccc(-c3ccc4c(c3)oc3ccccc34)cc2)c2ccccc2-c2ccc3c(ccc4ccccc43)c2)cc(-n2c3ccccc3c3ccccc32)c1. The van der Waals surface area contributed by atoms with E-state index in [9.17, 15) is 0 Å². The van der Waals surface area contributed by atoms with Gasteiger partial charge in [0, 0.05) is 44.2 Å². The van der Waals surface area contributed by atoms with Crippen LogP contribution in [0.4, 0.5) is 17.1 Å². The molecular formula is C56H36N2O. The lowest BCUT2D eigenvalue weighted by Crippen LogP contribution is -2.11. The van der Waals surface area contributed by atoms with Crippen molar-refractivity contribution in [3.05, 3.63) is 218 Å². The molecule has 0 aliphatic rings. The van der Waals surface area contributed by atoms with Crippen molar-refractivity contribution in [2.24, 2.45) is 0 Å². The van der Waals surface area contributed by atoms with Crippen LogP contribution in [0.25, 0.3) is 93.2 Å². The maximum absolute atomic E-state index is 6.28. The Balaban J connectivity index is 1.03. The van der Waals surface area contributed by atoms with Gasteiger partial charge in [-0.3, -0.25) is 0 Å². The number of nitrogens with zero attached hydrogens (tertiary/aromatic N) is 2. The van der Waals surface area contributed by atoms with Crippen molar-refractivity contribution in [3.63, 3.8) is 0 Å². The van der Waals surface area contributed by atoms with Crippen LogP contribution in [0.2, 0.25) is 0 Å². The van der Waals surface area contributed by atoms with Crippen molar-refractivity contribution in [1.82, 2.24) is 4.57 Å². The van der Waals surface area contributed by atoms with Gasteiger partial charge in [0.2, 0.25) is 0 Å². The monoisotopic (exact) mass is 752 g/mol. The molecule has 12 aromatic rings. The first-order valence-corrected chi connectivity index (χ1v) is 20.2. The molecule has 0 spiro atoms. The smallest absolute Gasteiger partial charge is 0.136 e. The summed E-state index contributed by atoms with van der Waals surface area (Å²) in [6.45, 7) is 0. The zero-order chi connectivity index (χ0) is 38.9. The Bertz CT molecular complexity index is 3520. The number of benzene rings is 10. The van der Waals surface area contributed by atoms with E-state index in [2.05, 4.69) is 216 Å². The molecule has 2 heterocycles. The number of para-hydroxylation sites is 4. The van der Waals surface area contributed by atoms with Gasteiger partial charge in [-0.2, -0.15) is 0 Å². The van der Waals surface area contributed by atoms with E-state index in [0.717, 1.165) is 61.4 Å². The van der Waals surface area contributed by atoms with E-state index in [1.807, 2.05) is 12.1 Å². The normalized spacial score (nSPS) is 11.7. The molecule has 3 nitrogen and oxygen atoms in total. The first-order valence-electron chi connectivity index (χ1n) is 20.2. The van der Waals surface area contributed by atoms with Gasteiger partial charge in [0.1, 0.15) is 11.2 Å². The highest BCUT2D eigenvalue weighted by molar-refractivity contribution is 6.10. The van der Waals surface area contributed by atoms with Crippen molar-refractivity contribution in [3.8, 4) is 27.9 Å². The summed E-state index contributed by atoms with van der Waals surface area (Å²) in [5.41, 5.74) is 13.1. The van der Waals surface area contributed by atoms with Crippen LogP contribution in [-0.2, 0) is 0 Å². The molecule has 0 unspecified atom stereocenters. The summed E-state index contributed by atoms with van der Waals surface area (Å²) in [7, 11) is 0. The van der Waals surface area contributed by atoms with Crippen LogP contribution in [0.3, 0.4) is 0 Å². The topological polar surface area (TPSA) is 21.3 Å². The van der Waals surface area contributed by atoms with Crippen molar-refractivity contribution >= 4 is 82.4 Å². The molecule has 2 aromatic heterocycles. The highest BCUT2D eigenvalue weighted by atomic mass is 16.3. The van der Waals surface area contributed by atoms with Gasteiger partial charge < -0.3 is 13.9 Å². The number of aromatic nitrogens is 1. The van der Waals surface area contributed by atoms with Gasteiger partial charge in [-0.1, -0.05) is 146 Å². The lowest BCUT2D eigenvalue weighted by atomic mass is 9.96. The van der Waals surface area contributed by atoms with E-state index < -0.39 is 0 Å². The standard InChI is InChI=1S/C56H36N2O/c1-2-15-45-38(12-1)24-25-40-34-41(29-32-46(40)45)47-16-3-7-20-52(47)57(42-30-26-37(27-31-42)39-28-33-51-50-19-6-10-23-55(50)59-56(51)35-39)43-13-11-14-44(36-43)58-53-21-8-4-17-48(53)49-18-5-9-22-54(49)58/h1-36H. The highest BCUT2D eigenvalue weighted by Crippen LogP contribution is 2.44. The second-order valence-electron chi connectivity index (χ2n) is 15.3. The average Bonchev–Trinajstić information content (AvgIpc) is 3.85. The van der Waals surface area contributed by atoms with E-state index in [0.29, 0.717) is 0 Å². The summed E-state index contributed by atoms with van der Waals surface area (Å²) in [6, 6.07) is 78.9. The molecule has 0 amide bonds. The molecule has 3 heteroatoms. The Morgan fingerprint density at radius 2 is 0.949 bits per heavy atom. The first-order chi connectivity index (χ1) is 29.2. The van der Waals surface area contributed by atoms with Crippen LogP contribution in [-0.4, -0.2) is 4.57 Å². The van der Waals surface area contributed by atoms with Crippen LogP contribution in [0, 0.1) is 0 Å². The van der Waals surface area contributed by atoms with Gasteiger partial charge in [0.15, 0.2) is 0 Å². The minimum atomic E-state index is 0.897.